The number of fused-ring (bicyclic) bond motifs is 1. The molecule has 2 saturated carbocycles. The van der Waals surface area contributed by atoms with E-state index in [1.165, 1.54) is 0 Å². The highest BCUT2D eigenvalue weighted by Crippen LogP contribution is 2.63. The molecule has 10 heteroatoms. The van der Waals surface area contributed by atoms with Crippen molar-refractivity contribution in [1.29, 1.82) is 0 Å². The number of hydrogen-bond acceptors (Lipinski definition) is 8. The lowest BCUT2D eigenvalue weighted by Gasteiger charge is -2.33. The van der Waals surface area contributed by atoms with Gasteiger partial charge in [0.2, 0.25) is 5.91 Å². The number of esters is 2. The molecular formula is C26H34N2O8. The fourth-order valence-corrected chi connectivity index (χ4v) is 5.00. The summed E-state index contributed by atoms with van der Waals surface area (Å²) in [7, 11) is 0. The van der Waals surface area contributed by atoms with Crippen molar-refractivity contribution in [2.45, 2.75) is 63.8 Å². The largest absolute Gasteiger partial charge is 0.464 e. The summed E-state index contributed by atoms with van der Waals surface area (Å²) < 4.78 is 15.5. The molecule has 6 atom stereocenters. The van der Waals surface area contributed by atoms with Gasteiger partial charge >= 0.3 is 18.0 Å². The van der Waals surface area contributed by atoms with Crippen LogP contribution >= 0.6 is 0 Å². The lowest BCUT2D eigenvalue weighted by molar-refractivity contribution is -0.156. The summed E-state index contributed by atoms with van der Waals surface area (Å²) in [5, 5.41) is 16.0. The third-order valence-electron chi connectivity index (χ3n) is 6.37. The molecule has 0 aromatic heterocycles. The summed E-state index contributed by atoms with van der Waals surface area (Å²) in [6, 6.07) is 7.92. The minimum atomic E-state index is -1.66. The monoisotopic (exact) mass is 502 g/mol. The summed E-state index contributed by atoms with van der Waals surface area (Å²) >= 11 is 0. The molecule has 0 spiro atoms. The molecule has 3 N–H and O–H groups in total. The number of carbonyl (C=O) groups excluding carboxylic acids is 4. The zero-order valence-corrected chi connectivity index (χ0v) is 21.0. The topological polar surface area (TPSA) is 140 Å². The summed E-state index contributed by atoms with van der Waals surface area (Å²) in [5.41, 5.74) is -1.69. The Morgan fingerprint density at radius 1 is 1.22 bits per heavy atom. The van der Waals surface area contributed by atoms with E-state index in [2.05, 4.69) is 17.2 Å². The number of ether oxygens (including phenoxy) is 3. The first kappa shape index (κ1) is 27.2. The number of benzene rings is 1. The van der Waals surface area contributed by atoms with Crippen molar-refractivity contribution in [1.82, 2.24) is 10.6 Å². The third kappa shape index (κ3) is 5.87. The number of rotatable bonds is 9. The van der Waals surface area contributed by atoms with Crippen molar-refractivity contribution >= 4 is 23.9 Å². The number of aliphatic hydroxyl groups excluding tert-OH is 1. The van der Waals surface area contributed by atoms with Gasteiger partial charge in [0, 0.05) is 24.7 Å². The Balaban J connectivity index is 1.89. The maximum atomic E-state index is 13.6. The molecule has 2 amide bonds. The molecule has 1 aromatic rings. The fraction of sp³-hybridized carbons (Fsp3) is 0.538. The first-order valence-electron chi connectivity index (χ1n) is 12.0. The molecule has 0 heterocycles. The van der Waals surface area contributed by atoms with Gasteiger partial charge in [0.15, 0.2) is 0 Å². The Labute approximate surface area is 210 Å². The van der Waals surface area contributed by atoms with E-state index >= 15 is 0 Å². The Bertz CT molecular complexity index is 1000. The van der Waals surface area contributed by atoms with E-state index in [-0.39, 0.29) is 19.4 Å². The predicted octanol–water partition coefficient (Wildman–Crippen LogP) is 1.85. The molecule has 36 heavy (non-hydrogen) atoms. The molecule has 0 bridgehead atoms. The Morgan fingerprint density at radius 2 is 1.89 bits per heavy atom. The van der Waals surface area contributed by atoms with E-state index in [0.717, 1.165) is 11.8 Å². The highest BCUT2D eigenvalue weighted by Gasteiger charge is 2.76. The maximum Gasteiger partial charge on any atom is 0.408 e. The van der Waals surface area contributed by atoms with Crippen LogP contribution in [0.4, 0.5) is 4.79 Å². The number of hydrogen-bond donors (Lipinski definition) is 3. The van der Waals surface area contributed by atoms with Gasteiger partial charge in [-0.15, -0.1) is 0 Å². The van der Waals surface area contributed by atoms with Gasteiger partial charge in [0.1, 0.15) is 17.2 Å². The molecule has 0 aliphatic heterocycles. The van der Waals surface area contributed by atoms with Crippen LogP contribution in [0.15, 0.2) is 43.2 Å². The summed E-state index contributed by atoms with van der Waals surface area (Å²) in [5.74, 6) is -4.17. The van der Waals surface area contributed by atoms with Crippen molar-refractivity contribution in [2.75, 3.05) is 6.61 Å². The van der Waals surface area contributed by atoms with Crippen LogP contribution < -0.4 is 10.6 Å². The smallest absolute Gasteiger partial charge is 0.408 e. The molecule has 2 aliphatic rings. The number of alkyl carbamates (subject to hydrolysis) is 1. The zero-order chi connectivity index (χ0) is 26.7. The molecule has 0 saturated heterocycles. The van der Waals surface area contributed by atoms with Gasteiger partial charge in [-0.05, 0) is 33.3 Å². The molecule has 2 aliphatic carbocycles. The van der Waals surface area contributed by atoms with Crippen LogP contribution in [0.3, 0.4) is 0 Å². The SMILES string of the molecule is C=COC(=O)[C@H]1[C@H]2[C@@H]1C(NC(=O)[C@H](Cc1ccccc1)NC(=O)OC(C)(C)C)(C(=O)OCC)C[C@@H]2O. The fourth-order valence-electron chi connectivity index (χ4n) is 5.00. The molecule has 2 fully saturated rings. The maximum absolute atomic E-state index is 13.6. The second-order valence-corrected chi connectivity index (χ2v) is 10.1. The Morgan fingerprint density at radius 3 is 2.47 bits per heavy atom. The van der Waals surface area contributed by atoms with Crippen molar-refractivity contribution in [3.8, 4) is 0 Å². The molecule has 10 nitrogen and oxygen atoms in total. The van der Waals surface area contributed by atoms with E-state index in [0.29, 0.717) is 0 Å². The summed E-state index contributed by atoms with van der Waals surface area (Å²) in [6.07, 6.45) is -0.868. The average Bonchev–Trinajstić information content (AvgIpc) is 3.48. The van der Waals surface area contributed by atoms with E-state index in [1.54, 1.807) is 52.0 Å². The summed E-state index contributed by atoms with van der Waals surface area (Å²) in [6.45, 7) is 10.1. The van der Waals surface area contributed by atoms with Gasteiger partial charge < -0.3 is 30.0 Å². The quantitative estimate of drug-likeness (QED) is 0.264. The first-order valence-corrected chi connectivity index (χ1v) is 12.0. The number of aliphatic hydroxyl groups is 1. The molecule has 0 radical (unpaired) electrons. The molecule has 1 unspecified atom stereocenters. The van der Waals surface area contributed by atoms with Crippen LogP contribution in [-0.2, 0) is 35.0 Å². The molecule has 3 rings (SSSR count). The van der Waals surface area contributed by atoms with Gasteiger partial charge in [0.05, 0.1) is 24.9 Å². The van der Waals surface area contributed by atoms with Crippen LogP contribution in [-0.4, -0.2) is 58.9 Å². The number of carbonyl (C=O) groups is 4. The minimum absolute atomic E-state index is 0.0370. The van der Waals surface area contributed by atoms with E-state index in [1.807, 2.05) is 6.07 Å². The normalized spacial score (nSPS) is 27.1. The van der Waals surface area contributed by atoms with Gasteiger partial charge in [-0.25, -0.2) is 9.59 Å². The van der Waals surface area contributed by atoms with Crippen LogP contribution in [0.2, 0.25) is 0 Å². The second-order valence-electron chi connectivity index (χ2n) is 10.1. The van der Waals surface area contributed by atoms with Crippen molar-refractivity contribution in [3.05, 3.63) is 48.7 Å². The number of amides is 2. The van der Waals surface area contributed by atoms with Crippen LogP contribution in [0, 0.1) is 17.8 Å². The Hall–Kier alpha value is -3.40. The van der Waals surface area contributed by atoms with Crippen LogP contribution in [0.25, 0.3) is 0 Å². The third-order valence-corrected chi connectivity index (χ3v) is 6.37. The highest BCUT2D eigenvalue weighted by atomic mass is 16.6. The van der Waals surface area contributed by atoms with Crippen molar-refractivity contribution in [2.24, 2.45) is 17.8 Å². The molecule has 196 valence electrons. The Kier molecular flexibility index (Phi) is 8.08. The van der Waals surface area contributed by atoms with Crippen molar-refractivity contribution < 1.29 is 38.5 Å². The minimum Gasteiger partial charge on any atom is -0.464 e. The van der Waals surface area contributed by atoms with E-state index in [9.17, 15) is 24.3 Å². The lowest BCUT2D eigenvalue weighted by atomic mass is 9.88. The lowest BCUT2D eigenvalue weighted by Crippen LogP contribution is -2.62. The van der Waals surface area contributed by atoms with Crippen LogP contribution in [0.5, 0.6) is 0 Å². The summed E-state index contributed by atoms with van der Waals surface area (Å²) in [4.78, 5) is 51.7. The standard InChI is InChI=1S/C26H34N2O8/c1-6-34-22(31)19-18-17(29)14-26(20(18)19,23(32)35-7-2)28-21(30)16(13-15-11-9-8-10-12-15)27-24(33)36-25(3,4)5/h6,8-12,16-20,29H,1,7,13-14H2,2-5H3,(H,27,33)(H,28,30)/t16-,17-,18-,19-,20-,26?/m0/s1. The number of nitrogens with one attached hydrogen (secondary N) is 2. The van der Waals surface area contributed by atoms with Crippen molar-refractivity contribution in [3.63, 3.8) is 0 Å². The predicted molar refractivity (Wildman–Crippen MR) is 128 cm³/mol. The highest BCUT2D eigenvalue weighted by molar-refractivity contribution is 5.94. The van der Waals surface area contributed by atoms with Gasteiger partial charge in [0.25, 0.3) is 0 Å². The van der Waals surface area contributed by atoms with E-state index < -0.39 is 65.0 Å². The van der Waals surface area contributed by atoms with Crippen LogP contribution in [0.1, 0.15) is 39.7 Å². The van der Waals surface area contributed by atoms with Gasteiger partial charge in [-0.3, -0.25) is 9.59 Å². The first-order chi connectivity index (χ1) is 16.9. The molecular weight excluding hydrogens is 468 g/mol. The van der Waals surface area contributed by atoms with E-state index in [4.69, 9.17) is 14.2 Å². The van der Waals surface area contributed by atoms with Gasteiger partial charge in [-0.2, -0.15) is 0 Å². The van der Waals surface area contributed by atoms with Gasteiger partial charge in [-0.1, -0.05) is 36.9 Å². The average molecular weight is 503 g/mol. The zero-order valence-electron chi connectivity index (χ0n) is 21.0. The molecule has 1 aromatic carbocycles. The second kappa shape index (κ2) is 10.7.